The number of anilines is 1. The van der Waals surface area contributed by atoms with Crippen LogP contribution in [-0.2, 0) is 6.42 Å². The van der Waals surface area contributed by atoms with E-state index in [1.807, 2.05) is 6.20 Å². The van der Waals surface area contributed by atoms with Gasteiger partial charge in [0.2, 0.25) is 0 Å². The van der Waals surface area contributed by atoms with Crippen molar-refractivity contribution in [3.63, 3.8) is 0 Å². The molecule has 0 bridgehead atoms. The second kappa shape index (κ2) is 8.92. The summed E-state index contributed by atoms with van der Waals surface area (Å²) in [7, 11) is 0. The minimum atomic E-state index is 0.409. The van der Waals surface area contributed by atoms with E-state index in [0.29, 0.717) is 12.0 Å². The highest BCUT2D eigenvalue weighted by Gasteiger charge is 2.33. The Bertz CT molecular complexity index is 1280. The van der Waals surface area contributed by atoms with E-state index in [4.69, 9.17) is 0 Å². The van der Waals surface area contributed by atoms with Gasteiger partial charge in [-0.2, -0.15) is 0 Å². The largest absolute Gasteiger partial charge is 0.354 e. The van der Waals surface area contributed by atoms with Crippen LogP contribution in [0.15, 0.2) is 72.9 Å². The number of aryl methyl sites for hydroxylation is 2. The lowest BCUT2D eigenvalue weighted by Gasteiger charge is -2.39. The first-order valence-corrected chi connectivity index (χ1v) is 12.7. The molecule has 2 aromatic heterocycles. The maximum Gasteiger partial charge on any atom is 0.128 e. The summed E-state index contributed by atoms with van der Waals surface area (Å²) in [6, 6.07) is 25.1. The summed E-state index contributed by atoms with van der Waals surface area (Å²) in [4.78, 5) is 9.70. The Morgan fingerprint density at radius 1 is 0.882 bits per heavy atom. The van der Waals surface area contributed by atoms with E-state index in [0.717, 1.165) is 45.0 Å². The molecule has 4 aromatic rings. The van der Waals surface area contributed by atoms with Crippen LogP contribution in [0, 0.1) is 19.8 Å². The van der Waals surface area contributed by atoms with Crippen molar-refractivity contribution < 1.29 is 0 Å². The molecule has 0 N–H and O–H groups in total. The Labute approximate surface area is 202 Å². The molecule has 6 rings (SSSR count). The number of aromatic nitrogens is 2. The molecule has 4 heteroatoms. The zero-order valence-corrected chi connectivity index (χ0v) is 20.3. The molecule has 0 spiro atoms. The predicted molar refractivity (Wildman–Crippen MR) is 141 cm³/mol. The number of rotatable bonds is 5. The van der Waals surface area contributed by atoms with E-state index in [1.165, 1.54) is 39.7 Å². The SMILES string of the molecule is Cc1ccnc(N2CCN(CCC3Cc4cccc5cc(C)n(c45)C3c3ccccc3)CC2)c1. The second-order valence-electron chi connectivity index (χ2n) is 10.1. The average molecular weight is 451 g/mol. The van der Waals surface area contributed by atoms with Crippen molar-refractivity contribution in [3.8, 4) is 0 Å². The monoisotopic (exact) mass is 450 g/mol. The van der Waals surface area contributed by atoms with Gasteiger partial charge in [0.15, 0.2) is 0 Å². The molecule has 1 fully saturated rings. The highest BCUT2D eigenvalue weighted by Crippen LogP contribution is 2.42. The van der Waals surface area contributed by atoms with Gasteiger partial charge in [-0.1, -0.05) is 48.5 Å². The highest BCUT2D eigenvalue weighted by molar-refractivity contribution is 5.85. The molecule has 2 aliphatic rings. The molecule has 0 saturated carbocycles. The van der Waals surface area contributed by atoms with Crippen LogP contribution in [0.2, 0.25) is 0 Å². The third-order valence-corrected chi connectivity index (χ3v) is 7.90. The lowest BCUT2D eigenvalue weighted by Crippen LogP contribution is -2.47. The Balaban J connectivity index is 1.20. The van der Waals surface area contributed by atoms with Gasteiger partial charge in [0, 0.05) is 43.5 Å². The van der Waals surface area contributed by atoms with Crippen LogP contribution in [0.4, 0.5) is 5.82 Å². The zero-order valence-electron chi connectivity index (χ0n) is 20.3. The molecule has 2 unspecified atom stereocenters. The summed E-state index contributed by atoms with van der Waals surface area (Å²) in [6.45, 7) is 9.93. The predicted octanol–water partition coefficient (Wildman–Crippen LogP) is 5.63. The van der Waals surface area contributed by atoms with E-state index in [-0.39, 0.29) is 0 Å². The molecule has 1 saturated heterocycles. The van der Waals surface area contributed by atoms with Crippen LogP contribution in [0.3, 0.4) is 0 Å². The van der Waals surface area contributed by atoms with Gasteiger partial charge in [-0.05, 0) is 74.0 Å². The lowest BCUT2D eigenvalue weighted by molar-refractivity contribution is 0.220. The van der Waals surface area contributed by atoms with Crippen molar-refractivity contribution in [2.75, 3.05) is 37.6 Å². The highest BCUT2D eigenvalue weighted by atomic mass is 15.3. The molecule has 2 aromatic carbocycles. The molecule has 34 heavy (non-hydrogen) atoms. The maximum atomic E-state index is 4.60. The van der Waals surface area contributed by atoms with Crippen molar-refractivity contribution in [1.29, 1.82) is 0 Å². The van der Waals surface area contributed by atoms with Crippen molar-refractivity contribution in [1.82, 2.24) is 14.5 Å². The first-order chi connectivity index (χ1) is 16.7. The molecule has 2 atom stereocenters. The van der Waals surface area contributed by atoms with Crippen LogP contribution >= 0.6 is 0 Å². The summed E-state index contributed by atoms with van der Waals surface area (Å²) >= 11 is 0. The Kier molecular flexibility index (Phi) is 5.62. The summed E-state index contributed by atoms with van der Waals surface area (Å²) in [6.07, 6.45) is 4.31. The van der Waals surface area contributed by atoms with E-state index in [9.17, 15) is 0 Å². The van der Waals surface area contributed by atoms with Crippen molar-refractivity contribution in [2.45, 2.75) is 32.7 Å². The minimum Gasteiger partial charge on any atom is -0.354 e. The van der Waals surface area contributed by atoms with Gasteiger partial charge in [-0.25, -0.2) is 4.98 Å². The summed E-state index contributed by atoms with van der Waals surface area (Å²) in [5, 5.41) is 1.38. The van der Waals surface area contributed by atoms with Gasteiger partial charge < -0.3 is 9.47 Å². The van der Waals surface area contributed by atoms with Crippen LogP contribution in [0.1, 0.15) is 34.8 Å². The molecule has 4 nitrogen and oxygen atoms in total. The topological polar surface area (TPSA) is 24.3 Å². The van der Waals surface area contributed by atoms with Crippen molar-refractivity contribution in [3.05, 3.63) is 95.3 Å². The van der Waals surface area contributed by atoms with E-state index in [2.05, 4.69) is 99.9 Å². The van der Waals surface area contributed by atoms with Crippen LogP contribution in [0.25, 0.3) is 10.9 Å². The quantitative estimate of drug-likeness (QED) is 0.394. The molecule has 174 valence electrons. The number of para-hydroxylation sites is 1. The smallest absolute Gasteiger partial charge is 0.128 e. The Morgan fingerprint density at radius 2 is 1.71 bits per heavy atom. The van der Waals surface area contributed by atoms with Gasteiger partial charge in [0.05, 0.1) is 11.6 Å². The molecule has 0 amide bonds. The molecule has 0 radical (unpaired) electrons. The number of nitrogens with zero attached hydrogens (tertiary/aromatic N) is 4. The maximum absolute atomic E-state index is 4.60. The van der Waals surface area contributed by atoms with Gasteiger partial charge in [0.1, 0.15) is 5.82 Å². The Morgan fingerprint density at radius 3 is 2.50 bits per heavy atom. The standard InChI is InChI=1S/C30H34N4/c1-22-11-13-31-28(19-22)33-17-15-32(16-18-33)14-12-27-21-26-10-6-9-25-20-23(2)34(30(25)26)29(27)24-7-4-3-5-8-24/h3-11,13,19-20,27,29H,12,14-18,21H2,1-2H3. The fraction of sp³-hybridized carbons (Fsp3) is 0.367. The van der Waals surface area contributed by atoms with Gasteiger partial charge in [0.25, 0.3) is 0 Å². The second-order valence-corrected chi connectivity index (χ2v) is 10.1. The fourth-order valence-electron chi connectivity index (χ4n) is 6.19. The number of hydrogen-bond donors (Lipinski definition) is 0. The third kappa shape index (κ3) is 3.90. The number of hydrogen-bond acceptors (Lipinski definition) is 3. The van der Waals surface area contributed by atoms with Crippen LogP contribution < -0.4 is 4.90 Å². The third-order valence-electron chi connectivity index (χ3n) is 7.90. The normalized spacial score (nSPS) is 20.7. The first kappa shape index (κ1) is 21.4. The first-order valence-electron chi connectivity index (χ1n) is 12.7. The number of benzene rings is 2. The summed E-state index contributed by atoms with van der Waals surface area (Å²) < 4.78 is 2.63. The number of piperazine rings is 1. The van der Waals surface area contributed by atoms with Gasteiger partial charge >= 0.3 is 0 Å². The number of pyridine rings is 1. The van der Waals surface area contributed by atoms with Crippen LogP contribution in [0.5, 0.6) is 0 Å². The van der Waals surface area contributed by atoms with Crippen molar-refractivity contribution >= 4 is 16.7 Å². The molecular weight excluding hydrogens is 416 g/mol. The summed E-state index contributed by atoms with van der Waals surface area (Å²) in [5.41, 5.74) is 7.06. The molecule has 0 aliphatic carbocycles. The van der Waals surface area contributed by atoms with Crippen LogP contribution in [-0.4, -0.2) is 47.2 Å². The fourth-order valence-corrected chi connectivity index (χ4v) is 6.19. The van der Waals surface area contributed by atoms with E-state index in [1.54, 1.807) is 0 Å². The lowest BCUT2D eigenvalue weighted by atomic mass is 9.82. The summed E-state index contributed by atoms with van der Waals surface area (Å²) in [5.74, 6) is 1.72. The van der Waals surface area contributed by atoms with E-state index < -0.39 is 0 Å². The zero-order chi connectivity index (χ0) is 23.1. The minimum absolute atomic E-state index is 0.409. The molecular formula is C30H34N4. The van der Waals surface area contributed by atoms with Crippen molar-refractivity contribution in [2.24, 2.45) is 5.92 Å². The average Bonchev–Trinajstić information content (AvgIpc) is 3.21. The molecule has 2 aliphatic heterocycles. The van der Waals surface area contributed by atoms with E-state index >= 15 is 0 Å². The Hall–Kier alpha value is -3.11. The van der Waals surface area contributed by atoms with Gasteiger partial charge in [-0.3, -0.25) is 4.90 Å². The molecule has 4 heterocycles. The van der Waals surface area contributed by atoms with Gasteiger partial charge in [-0.15, -0.1) is 0 Å².